The van der Waals surface area contributed by atoms with Crippen molar-refractivity contribution in [1.29, 1.82) is 0 Å². The third-order valence-electron chi connectivity index (χ3n) is 3.31. The number of hydrogen-bond donors (Lipinski definition) is 0. The summed E-state index contributed by atoms with van der Waals surface area (Å²) in [5, 5.41) is 0. The molecule has 98 valence electrons. The van der Waals surface area contributed by atoms with Crippen LogP contribution in [0.4, 0.5) is 4.39 Å². The van der Waals surface area contributed by atoms with Crippen molar-refractivity contribution in [1.82, 2.24) is 0 Å². The standard InChI is InChI=1S/C17H17FO/c1-12-5-3-6-13(2)17(12)11-16(19)10-14-7-4-8-15(18)9-14/h3-9H,10-11H2,1-2H3. The zero-order valence-electron chi connectivity index (χ0n) is 11.2. The molecule has 0 bridgehead atoms. The van der Waals surface area contributed by atoms with E-state index in [0.29, 0.717) is 6.42 Å². The second-order valence-electron chi connectivity index (χ2n) is 4.89. The van der Waals surface area contributed by atoms with E-state index in [4.69, 9.17) is 0 Å². The van der Waals surface area contributed by atoms with Gasteiger partial charge in [0, 0.05) is 12.8 Å². The SMILES string of the molecule is Cc1cccc(C)c1CC(=O)Cc1cccc(F)c1. The molecule has 0 heterocycles. The maximum atomic E-state index is 13.1. The van der Waals surface area contributed by atoms with Crippen molar-refractivity contribution in [2.45, 2.75) is 26.7 Å². The van der Waals surface area contributed by atoms with Crippen molar-refractivity contribution >= 4 is 5.78 Å². The molecule has 0 N–H and O–H groups in total. The Kier molecular flexibility index (Phi) is 4.10. The van der Waals surface area contributed by atoms with E-state index >= 15 is 0 Å². The van der Waals surface area contributed by atoms with Gasteiger partial charge in [0.25, 0.3) is 0 Å². The van der Waals surface area contributed by atoms with Gasteiger partial charge in [-0.1, -0.05) is 30.3 Å². The van der Waals surface area contributed by atoms with Crippen molar-refractivity contribution in [2.24, 2.45) is 0 Å². The van der Waals surface area contributed by atoms with E-state index in [2.05, 4.69) is 0 Å². The van der Waals surface area contributed by atoms with E-state index in [1.165, 1.54) is 12.1 Å². The van der Waals surface area contributed by atoms with Gasteiger partial charge in [0.2, 0.25) is 0 Å². The van der Waals surface area contributed by atoms with Crippen molar-refractivity contribution in [2.75, 3.05) is 0 Å². The van der Waals surface area contributed by atoms with Crippen LogP contribution in [0.3, 0.4) is 0 Å². The average Bonchev–Trinajstić information content (AvgIpc) is 2.34. The number of carbonyl (C=O) groups is 1. The molecule has 0 saturated heterocycles. The molecule has 0 saturated carbocycles. The Balaban J connectivity index is 2.10. The van der Waals surface area contributed by atoms with Gasteiger partial charge in [-0.2, -0.15) is 0 Å². The summed E-state index contributed by atoms with van der Waals surface area (Å²) in [4.78, 5) is 12.1. The summed E-state index contributed by atoms with van der Waals surface area (Å²) < 4.78 is 13.1. The number of aryl methyl sites for hydroxylation is 2. The van der Waals surface area contributed by atoms with Gasteiger partial charge in [0.1, 0.15) is 11.6 Å². The second-order valence-corrected chi connectivity index (χ2v) is 4.89. The number of benzene rings is 2. The molecular weight excluding hydrogens is 239 g/mol. The Bertz CT molecular complexity index is 582. The zero-order valence-corrected chi connectivity index (χ0v) is 11.2. The Hall–Kier alpha value is -1.96. The van der Waals surface area contributed by atoms with E-state index in [1.54, 1.807) is 12.1 Å². The lowest BCUT2D eigenvalue weighted by molar-refractivity contribution is -0.117. The molecule has 0 amide bonds. The predicted octanol–water partition coefficient (Wildman–Crippen LogP) is 3.80. The van der Waals surface area contributed by atoms with E-state index in [1.807, 2.05) is 32.0 Å². The minimum absolute atomic E-state index is 0.114. The fourth-order valence-corrected chi connectivity index (χ4v) is 2.26. The first-order valence-electron chi connectivity index (χ1n) is 6.37. The topological polar surface area (TPSA) is 17.1 Å². The molecule has 0 unspecified atom stereocenters. The number of Topliss-reactive ketones (excluding diaryl/α,β-unsaturated/α-hetero) is 1. The van der Waals surface area contributed by atoms with Gasteiger partial charge in [-0.05, 0) is 48.2 Å². The summed E-state index contributed by atoms with van der Waals surface area (Å²) in [6, 6.07) is 12.2. The quantitative estimate of drug-likeness (QED) is 0.813. The molecule has 19 heavy (non-hydrogen) atoms. The van der Waals surface area contributed by atoms with Crippen molar-refractivity contribution in [3.8, 4) is 0 Å². The smallest absolute Gasteiger partial charge is 0.141 e. The third-order valence-corrected chi connectivity index (χ3v) is 3.31. The Labute approximate surface area is 113 Å². The highest BCUT2D eigenvalue weighted by molar-refractivity contribution is 5.83. The Morgan fingerprint density at radius 1 is 1.00 bits per heavy atom. The largest absolute Gasteiger partial charge is 0.299 e. The molecular formula is C17H17FO. The molecule has 2 aromatic carbocycles. The van der Waals surface area contributed by atoms with Crippen LogP contribution in [0.1, 0.15) is 22.3 Å². The van der Waals surface area contributed by atoms with E-state index in [0.717, 1.165) is 22.3 Å². The minimum atomic E-state index is -0.294. The molecule has 1 nitrogen and oxygen atoms in total. The van der Waals surface area contributed by atoms with Crippen molar-refractivity contribution in [3.05, 3.63) is 70.5 Å². The summed E-state index contributed by atoms with van der Waals surface area (Å²) in [5.41, 5.74) is 4.08. The molecule has 0 aliphatic carbocycles. The fraction of sp³-hybridized carbons (Fsp3) is 0.235. The van der Waals surface area contributed by atoms with E-state index in [-0.39, 0.29) is 18.0 Å². The third kappa shape index (κ3) is 3.50. The summed E-state index contributed by atoms with van der Waals surface area (Å²) in [6.07, 6.45) is 0.695. The average molecular weight is 256 g/mol. The van der Waals surface area contributed by atoms with Gasteiger partial charge >= 0.3 is 0 Å². The van der Waals surface area contributed by atoms with Gasteiger partial charge in [-0.3, -0.25) is 4.79 Å². The monoisotopic (exact) mass is 256 g/mol. The first-order chi connectivity index (χ1) is 9.06. The number of hydrogen-bond acceptors (Lipinski definition) is 1. The van der Waals surface area contributed by atoms with Gasteiger partial charge < -0.3 is 0 Å². The van der Waals surface area contributed by atoms with Crippen LogP contribution in [0.5, 0.6) is 0 Å². The molecule has 0 atom stereocenters. The lowest BCUT2D eigenvalue weighted by atomic mass is 9.96. The summed E-state index contributed by atoms with van der Waals surface area (Å²) in [5.74, 6) is -0.180. The molecule has 0 spiro atoms. The lowest BCUT2D eigenvalue weighted by Gasteiger charge is -2.09. The van der Waals surface area contributed by atoms with Gasteiger partial charge in [0.05, 0.1) is 0 Å². The highest BCUT2D eigenvalue weighted by Crippen LogP contribution is 2.15. The lowest BCUT2D eigenvalue weighted by Crippen LogP contribution is -2.09. The molecule has 0 aliphatic heterocycles. The van der Waals surface area contributed by atoms with E-state index < -0.39 is 0 Å². The fourth-order valence-electron chi connectivity index (χ4n) is 2.26. The zero-order chi connectivity index (χ0) is 13.8. The van der Waals surface area contributed by atoms with Crippen molar-refractivity contribution < 1.29 is 9.18 Å². The van der Waals surface area contributed by atoms with Crippen molar-refractivity contribution in [3.63, 3.8) is 0 Å². The van der Waals surface area contributed by atoms with Crippen LogP contribution < -0.4 is 0 Å². The molecule has 0 aliphatic rings. The first kappa shape index (κ1) is 13.5. The van der Waals surface area contributed by atoms with Crippen LogP contribution in [0.2, 0.25) is 0 Å². The highest BCUT2D eigenvalue weighted by atomic mass is 19.1. The summed E-state index contributed by atoms with van der Waals surface area (Å²) >= 11 is 0. The molecule has 0 aromatic heterocycles. The maximum absolute atomic E-state index is 13.1. The number of carbonyl (C=O) groups excluding carboxylic acids is 1. The van der Waals surface area contributed by atoms with E-state index in [9.17, 15) is 9.18 Å². The maximum Gasteiger partial charge on any atom is 0.141 e. The van der Waals surface area contributed by atoms with Crippen LogP contribution in [0.15, 0.2) is 42.5 Å². The number of rotatable bonds is 4. The molecule has 0 fully saturated rings. The van der Waals surface area contributed by atoms with Crippen LogP contribution in [0.25, 0.3) is 0 Å². The molecule has 2 heteroatoms. The Morgan fingerprint density at radius 3 is 2.26 bits per heavy atom. The molecule has 0 radical (unpaired) electrons. The second kappa shape index (κ2) is 5.79. The van der Waals surface area contributed by atoms with Crippen LogP contribution in [-0.4, -0.2) is 5.78 Å². The number of halogens is 1. The summed E-state index contributed by atoms with van der Waals surface area (Å²) in [6.45, 7) is 4.02. The highest BCUT2D eigenvalue weighted by Gasteiger charge is 2.09. The molecule has 2 aromatic rings. The normalized spacial score (nSPS) is 10.5. The van der Waals surface area contributed by atoms with Gasteiger partial charge in [-0.25, -0.2) is 4.39 Å². The van der Waals surface area contributed by atoms with Gasteiger partial charge in [0.15, 0.2) is 0 Å². The van der Waals surface area contributed by atoms with Gasteiger partial charge in [-0.15, -0.1) is 0 Å². The first-order valence-corrected chi connectivity index (χ1v) is 6.37. The summed E-state index contributed by atoms with van der Waals surface area (Å²) in [7, 11) is 0. The van der Waals surface area contributed by atoms with Crippen LogP contribution in [-0.2, 0) is 17.6 Å². The minimum Gasteiger partial charge on any atom is -0.299 e. The predicted molar refractivity (Wildman–Crippen MR) is 74.7 cm³/mol. The van der Waals surface area contributed by atoms with Crippen LogP contribution in [0, 0.1) is 19.7 Å². The Morgan fingerprint density at radius 2 is 1.63 bits per heavy atom. The molecule has 2 rings (SSSR count). The number of ketones is 1. The van der Waals surface area contributed by atoms with Crippen LogP contribution >= 0.6 is 0 Å².